The van der Waals surface area contributed by atoms with E-state index in [0.29, 0.717) is 11.1 Å². The molecule has 0 amide bonds. The summed E-state index contributed by atoms with van der Waals surface area (Å²) in [7, 11) is 0. The molecule has 0 aliphatic rings. The van der Waals surface area contributed by atoms with Gasteiger partial charge in [0, 0.05) is 17.8 Å². The zero-order chi connectivity index (χ0) is 12.5. The van der Waals surface area contributed by atoms with Gasteiger partial charge in [0.15, 0.2) is 5.82 Å². The van der Waals surface area contributed by atoms with Crippen molar-refractivity contribution in [3.63, 3.8) is 0 Å². The molecule has 0 N–H and O–H groups in total. The summed E-state index contributed by atoms with van der Waals surface area (Å²) in [5.74, 6) is -0.953. The van der Waals surface area contributed by atoms with Gasteiger partial charge in [-0.25, -0.2) is 4.39 Å². The van der Waals surface area contributed by atoms with Gasteiger partial charge < -0.3 is 4.40 Å². The Hall–Kier alpha value is -2.42. The van der Waals surface area contributed by atoms with Gasteiger partial charge in [-0.3, -0.25) is 4.79 Å². The van der Waals surface area contributed by atoms with Crippen LogP contribution in [0.5, 0.6) is 0 Å². The Morgan fingerprint density at radius 2 is 1.78 bits per heavy atom. The summed E-state index contributed by atoms with van der Waals surface area (Å²) in [5.41, 5.74) is 1.04. The summed E-state index contributed by atoms with van der Waals surface area (Å²) in [4.78, 5) is 12.3. The van der Waals surface area contributed by atoms with Crippen molar-refractivity contribution in [3.8, 4) is 0 Å². The third-order valence-electron chi connectivity index (χ3n) is 2.80. The van der Waals surface area contributed by atoms with Crippen LogP contribution in [0, 0.1) is 11.9 Å². The molecule has 0 saturated carbocycles. The van der Waals surface area contributed by atoms with Crippen LogP contribution in [-0.4, -0.2) is 10.2 Å². The highest BCUT2D eigenvalue weighted by Crippen LogP contribution is 2.18. The van der Waals surface area contributed by atoms with Crippen LogP contribution in [0.2, 0.25) is 0 Å². The molecule has 1 aromatic carbocycles. The lowest BCUT2D eigenvalue weighted by Crippen LogP contribution is -2.06. The number of halogens is 1. The van der Waals surface area contributed by atoms with Crippen LogP contribution < -0.4 is 0 Å². The first-order valence-corrected chi connectivity index (χ1v) is 5.55. The fourth-order valence-electron chi connectivity index (χ4n) is 1.95. The molecular weight excluding hydrogens is 229 g/mol. The van der Waals surface area contributed by atoms with Crippen molar-refractivity contribution in [2.24, 2.45) is 0 Å². The maximum absolute atomic E-state index is 13.8. The maximum atomic E-state index is 13.8. The topological polar surface area (TPSA) is 21.5 Å². The number of benzene rings is 1. The standard InChI is InChI=1S/C15H9FNO/c16-13-10-12-8-4-5-9-17(12)14(13)15(18)11-6-2-1-3-7-11/h1-9H. The summed E-state index contributed by atoms with van der Waals surface area (Å²) < 4.78 is 15.4. The smallest absolute Gasteiger partial charge is 0.212 e. The van der Waals surface area contributed by atoms with Gasteiger partial charge in [-0.1, -0.05) is 36.4 Å². The van der Waals surface area contributed by atoms with E-state index < -0.39 is 5.82 Å². The Labute approximate surface area is 103 Å². The van der Waals surface area contributed by atoms with Gasteiger partial charge in [-0.2, -0.15) is 0 Å². The van der Waals surface area contributed by atoms with E-state index in [2.05, 4.69) is 6.07 Å². The van der Waals surface area contributed by atoms with E-state index in [0.717, 1.165) is 0 Å². The summed E-state index contributed by atoms with van der Waals surface area (Å²) in [5, 5.41) is 0. The number of rotatable bonds is 2. The number of fused-ring (bicyclic) bond motifs is 1. The quantitative estimate of drug-likeness (QED) is 0.628. The molecule has 2 aromatic heterocycles. The third kappa shape index (κ3) is 1.61. The minimum Gasteiger partial charge on any atom is -0.311 e. The predicted octanol–water partition coefficient (Wildman–Crippen LogP) is 3.11. The summed E-state index contributed by atoms with van der Waals surface area (Å²) >= 11 is 0. The van der Waals surface area contributed by atoms with Gasteiger partial charge in [0.2, 0.25) is 5.78 Å². The minimum atomic E-state index is -0.616. The van der Waals surface area contributed by atoms with Crippen molar-refractivity contribution in [3.05, 3.63) is 77.9 Å². The van der Waals surface area contributed by atoms with Gasteiger partial charge >= 0.3 is 0 Å². The van der Waals surface area contributed by atoms with E-state index in [1.807, 2.05) is 6.07 Å². The Bertz CT molecular complexity index is 716. The molecule has 3 heteroatoms. The molecule has 0 saturated heterocycles. The van der Waals surface area contributed by atoms with Crippen LogP contribution in [0.25, 0.3) is 5.52 Å². The molecule has 0 atom stereocenters. The lowest BCUT2D eigenvalue weighted by molar-refractivity contribution is 0.102. The second-order valence-corrected chi connectivity index (χ2v) is 3.94. The molecule has 0 spiro atoms. The Balaban J connectivity index is 2.21. The molecule has 18 heavy (non-hydrogen) atoms. The first kappa shape index (κ1) is 10.7. The number of ketones is 1. The van der Waals surface area contributed by atoms with Gasteiger partial charge in [0.05, 0.1) is 5.52 Å². The molecule has 0 bridgehead atoms. The van der Waals surface area contributed by atoms with Crippen molar-refractivity contribution in [2.75, 3.05) is 0 Å². The molecule has 0 unspecified atom stereocenters. The first-order chi connectivity index (χ1) is 8.77. The maximum Gasteiger partial charge on any atom is 0.212 e. The monoisotopic (exact) mass is 238 g/mol. The number of aromatic nitrogens is 1. The number of carbonyl (C=O) groups is 1. The predicted molar refractivity (Wildman–Crippen MR) is 66.1 cm³/mol. The molecule has 0 aliphatic carbocycles. The Morgan fingerprint density at radius 3 is 2.56 bits per heavy atom. The van der Waals surface area contributed by atoms with Crippen LogP contribution in [0.1, 0.15) is 16.1 Å². The van der Waals surface area contributed by atoms with E-state index in [1.54, 1.807) is 48.7 Å². The Morgan fingerprint density at radius 1 is 1.06 bits per heavy atom. The zero-order valence-corrected chi connectivity index (χ0v) is 9.43. The van der Waals surface area contributed by atoms with Gasteiger partial charge in [-0.15, -0.1) is 0 Å². The Kier molecular flexibility index (Phi) is 2.45. The summed E-state index contributed by atoms with van der Waals surface area (Å²) in [6, 6.07) is 16.5. The van der Waals surface area contributed by atoms with Crippen molar-refractivity contribution >= 4 is 11.3 Å². The molecule has 0 aliphatic heterocycles. The fourth-order valence-corrected chi connectivity index (χ4v) is 1.95. The zero-order valence-electron chi connectivity index (χ0n) is 9.43. The summed E-state index contributed by atoms with van der Waals surface area (Å²) in [6.45, 7) is 0. The number of hydrogen-bond acceptors (Lipinski definition) is 1. The fraction of sp³-hybridized carbons (Fsp3) is 0. The van der Waals surface area contributed by atoms with Crippen LogP contribution >= 0.6 is 0 Å². The second kappa shape index (κ2) is 4.11. The van der Waals surface area contributed by atoms with E-state index in [9.17, 15) is 9.18 Å². The van der Waals surface area contributed by atoms with Crippen molar-refractivity contribution < 1.29 is 9.18 Å². The van der Waals surface area contributed by atoms with Crippen LogP contribution in [-0.2, 0) is 0 Å². The van der Waals surface area contributed by atoms with E-state index in [1.165, 1.54) is 4.40 Å². The van der Waals surface area contributed by atoms with Crippen LogP contribution in [0.15, 0.2) is 54.7 Å². The largest absolute Gasteiger partial charge is 0.311 e. The van der Waals surface area contributed by atoms with Crippen LogP contribution in [0.3, 0.4) is 0 Å². The molecule has 87 valence electrons. The van der Waals surface area contributed by atoms with Crippen molar-refractivity contribution in [2.45, 2.75) is 0 Å². The highest BCUT2D eigenvalue weighted by molar-refractivity contribution is 6.08. The molecule has 3 aromatic rings. The molecule has 0 fully saturated rings. The van der Waals surface area contributed by atoms with Gasteiger partial charge in [0.1, 0.15) is 5.69 Å². The molecular formula is C15H9FNO. The first-order valence-electron chi connectivity index (χ1n) is 5.55. The van der Waals surface area contributed by atoms with Crippen molar-refractivity contribution in [1.82, 2.24) is 4.40 Å². The highest BCUT2D eigenvalue weighted by atomic mass is 19.1. The third-order valence-corrected chi connectivity index (χ3v) is 2.80. The van der Waals surface area contributed by atoms with E-state index in [4.69, 9.17) is 0 Å². The molecule has 3 rings (SSSR count). The number of carbonyl (C=O) groups excluding carboxylic acids is 1. The van der Waals surface area contributed by atoms with Crippen LogP contribution in [0.4, 0.5) is 4.39 Å². The average Bonchev–Trinajstić information content (AvgIpc) is 2.75. The van der Waals surface area contributed by atoms with Crippen molar-refractivity contribution in [1.29, 1.82) is 0 Å². The molecule has 2 heterocycles. The normalized spacial score (nSPS) is 10.7. The lowest BCUT2D eigenvalue weighted by atomic mass is 10.1. The van der Waals surface area contributed by atoms with E-state index >= 15 is 0 Å². The average molecular weight is 238 g/mol. The molecule has 2 nitrogen and oxygen atoms in total. The second-order valence-electron chi connectivity index (χ2n) is 3.94. The van der Waals surface area contributed by atoms with Gasteiger partial charge in [0.25, 0.3) is 0 Å². The summed E-state index contributed by atoms with van der Waals surface area (Å²) in [6.07, 6.45) is 1.66. The van der Waals surface area contributed by atoms with E-state index in [-0.39, 0.29) is 11.5 Å². The van der Waals surface area contributed by atoms with Gasteiger partial charge in [-0.05, 0) is 12.1 Å². The highest BCUT2D eigenvalue weighted by Gasteiger charge is 2.19. The molecule has 1 radical (unpaired) electrons. The number of nitrogens with zero attached hydrogens (tertiary/aromatic N) is 1. The number of hydrogen-bond donors (Lipinski definition) is 0. The number of pyridine rings is 1. The SMILES string of the molecule is O=C(c1ccccc1)c1c(F)[c]c2ccccn12. The minimum absolute atomic E-state index is 0.0248. The lowest BCUT2D eigenvalue weighted by Gasteiger charge is -2.02.